The third-order valence-corrected chi connectivity index (χ3v) is 4.89. The number of nitrogens with zero attached hydrogens (tertiary/aromatic N) is 2. The quantitative estimate of drug-likeness (QED) is 0.523. The van der Waals surface area contributed by atoms with Crippen LogP contribution in [0.15, 0.2) is 42.5 Å². The summed E-state index contributed by atoms with van der Waals surface area (Å²) in [5, 5.41) is 13.4. The Labute approximate surface area is 160 Å². The van der Waals surface area contributed by atoms with E-state index in [-0.39, 0.29) is 29.2 Å². The summed E-state index contributed by atoms with van der Waals surface area (Å²) in [6.07, 6.45) is 0.857. The lowest BCUT2D eigenvalue weighted by atomic mass is 10.2. The van der Waals surface area contributed by atoms with Gasteiger partial charge in [-0.2, -0.15) is 0 Å². The summed E-state index contributed by atoms with van der Waals surface area (Å²) < 4.78 is 43.8. The zero-order valence-corrected chi connectivity index (χ0v) is 15.9. The number of amides is 1. The summed E-state index contributed by atoms with van der Waals surface area (Å²) in [6.45, 7) is -0.806. The Bertz CT molecular complexity index is 996. The molecule has 9 nitrogen and oxygen atoms in total. The van der Waals surface area contributed by atoms with Crippen LogP contribution in [0.2, 0.25) is 0 Å². The molecule has 0 spiro atoms. The molecule has 11 heteroatoms. The summed E-state index contributed by atoms with van der Waals surface area (Å²) in [5.41, 5.74) is -0.286. The molecule has 1 N–H and O–H groups in total. The first-order chi connectivity index (χ1) is 13.1. The van der Waals surface area contributed by atoms with Crippen LogP contribution in [0.1, 0.15) is 5.56 Å². The molecule has 0 bridgehead atoms. The minimum Gasteiger partial charge on any atom is -0.495 e. The van der Waals surface area contributed by atoms with Crippen molar-refractivity contribution in [3.8, 4) is 5.75 Å². The highest BCUT2D eigenvalue weighted by atomic mass is 32.2. The summed E-state index contributed by atoms with van der Waals surface area (Å²) in [4.78, 5) is 22.6. The van der Waals surface area contributed by atoms with Crippen LogP contribution in [0.5, 0.6) is 5.75 Å². The van der Waals surface area contributed by atoms with Crippen LogP contribution in [-0.2, 0) is 21.4 Å². The molecule has 0 fully saturated rings. The Hall–Kier alpha value is -3.21. The number of nitro benzene ring substituents is 1. The number of hydrogen-bond acceptors (Lipinski definition) is 6. The Morgan fingerprint density at radius 2 is 1.96 bits per heavy atom. The van der Waals surface area contributed by atoms with Gasteiger partial charge in [0.25, 0.3) is 5.69 Å². The van der Waals surface area contributed by atoms with Crippen molar-refractivity contribution in [1.29, 1.82) is 0 Å². The minimum absolute atomic E-state index is 0.0397. The number of carbonyl (C=O) groups is 1. The molecule has 0 unspecified atom stereocenters. The zero-order valence-electron chi connectivity index (χ0n) is 15.1. The van der Waals surface area contributed by atoms with Gasteiger partial charge in [-0.15, -0.1) is 0 Å². The smallest absolute Gasteiger partial charge is 0.271 e. The zero-order chi connectivity index (χ0) is 20.9. The lowest BCUT2D eigenvalue weighted by molar-refractivity contribution is -0.384. The van der Waals surface area contributed by atoms with Gasteiger partial charge in [0.2, 0.25) is 15.9 Å². The highest BCUT2D eigenvalue weighted by Crippen LogP contribution is 2.33. The average Bonchev–Trinajstić information content (AvgIpc) is 2.64. The Morgan fingerprint density at radius 3 is 2.54 bits per heavy atom. The lowest BCUT2D eigenvalue weighted by Gasteiger charge is -2.23. The topological polar surface area (TPSA) is 119 Å². The molecule has 2 rings (SSSR count). The van der Waals surface area contributed by atoms with E-state index in [1.165, 1.54) is 31.4 Å². The number of sulfonamides is 1. The van der Waals surface area contributed by atoms with Crippen molar-refractivity contribution in [3.63, 3.8) is 0 Å². The van der Waals surface area contributed by atoms with E-state index in [9.17, 15) is 27.7 Å². The Morgan fingerprint density at radius 1 is 1.29 bits per heavy atom. The second kappa shape index (κ2) is 8.65. The van der Waals surface area contributed by atoms with E-state index in [0.717, 1.165) is 18.4 Å². The Kier molecular flexibility index (Phi) is 6.52. The van der Waals surface area contributed by atoms with Gasteiger partial charge in [-0.25, -0.2) is 12.8 Å². The number of halogens is 1. The van der Waals surface area contributed by atoms with Gasteiger partial charge in [0.1, 0.15) is 23.8 Å². The number of ether oxygens (including phenoxy) is 1. The molecular weight excluding hydrogens is 393 g/mol. The average molecular weight is 411 g/mol. The maximum Gasteiger partial charge on any atom is 0.271 e. The number of nitrogens with one attached hydrogen (secondary N) is 1. The largest absolute Gasteiger partial charge is 0.495 e. The van der Waals surface area contributed by atoms with Crippen molar-refractivity contribution in [2.45, 2.75) is 6.54 Å². The van der Waals surface area contributed by atoms with Gasteiger partial charge in [-0.1, -0.05) is 18.2 Å². The first kappa shape index (κ1) is 21.1. The molecule has 2 aromatic rings. The standard InChI is InChI=1S/C17H18FN3O6S/c1-27-16-8-7-13(21(23)24)9-15(16)20(28(2,25)26)11-17(22)19-10-12-5-3-4-6-14(12)18/h3-9H,10-11H2,1-2H3,(H,19,22). The van der Waals surface area contributed by atoms with Crippen molar-refractivity contribution in [2.75, 3.05) is 24.2 Å². The van der Waals surface area contributed by atoms with Crippen LogP contribution < -0.4 is 14.4 Å². The molecular formula is C17H18FN3O6S. The number of hydrogen-bond donors (Lipinski definition) is 1. The summed E-state index contributed by atoms with van der Waals surface area (Å²) in [6, 6.07) is 9.21. The normalized spacial score (nSPS) is 11.0. The number of benzene rings is 2. The van der Waals surface area contributed by atoms with Gasteiger partial charge in [-0.3, -0.25) is 19.2 Å². The van der Waals surface area contributed by atoms with Crippen LogP contribution in [0, 0.1) is 15.9 Å². The van der Waals surface area contributed by atoms with E-state index in [1.54, 1.807) is 6.07 Å². The van der Waals surface area contributed by atoms with Crippen LogP contribution in [0.3, 0.4) is 0 Å². The molecule has 0 radical (unpaired) electrons. The molecule has 0 atom stereocenters. The molecule has 0 aromatic heterocycles. The fourth-order valence-corrected chi connectivity index (χ4v) is 3.24. The first-order valence-corrected chi connectivity index (χ1v) is 9.78. The van der Waals surface area contributed by atoms with Crippen LogP contribution in [-0.4, -0.2) is 39.2 Å². The molecule has 0 aliphatic heterocycles. The van der Waals surface area contributed by atoms with E-state index in [4.69, 9.17) is 4.74 Å². The summed E-state index contributed by atoms with van der Waals surface area (Å²) in [7, 11) is -2.72. The summed E-state index contributed by atoms with van der Waals surface area (Å²) >= 11 is 0. The minimum atomic E-state index is -3.98. The van der Waals surface area contributed by atoms with Gasteiger partial charge >= 0.3 is 0 Å². The number of non-ortho nitro benzene ring substituents is 1. The van der Waals surface area contributed by atoms with E-state index >= 15 is 0 Å². The highest BCUT2D eigenvalue weighted by molar-refractivity contribution is 7.92. The van der Waals surface area contributed by atoms with Crippen molar-refractivity contribution in [3.05, 3.63) is 64.0 Å². The fraction of sp³-hybridized carbons (Fsp3) is 0.235. The van der Waals surface area contributed by atoms with E-state index in [0.29, 0.717) is 4.31 Å². The SMILES string of the molecule is COc1ccc([N+](=O)[O-])cc1N(CC(=O)NCc1ccccc1F)S(C)(=O)=O. The van der Waals surface area contributed by atoms with Crippen molar-refractivity contribution >= 4 is 27.3 Å². The molecule has 150 valence electrons. The van der Waals surface area contributed by atoms with Gasteiger partial charge < -0.3 is 10.1 Å². The molecule has 0 saturated heterocycles. The van der Waals surface area contributed by atoms with E-state index in [1.807, 2.05) is 0 Å². The molecule has 28 heavy (non-hydrogen) atoms. The van der Waals surface area contributed by atoms with Gasteiger partial charge in [-0.05, 0) is 12.1 Å². The number of anilines is 1. The van der Waals surface area contributed by atoms with Gasteiger partial charge in [0.05, 0.1) is 18.3 Å². The number of methoxy groups -OCH3 is 1. The second-order valence-corrected chi connectivity index (χ2v) is 7.66. The molecule has 0 heterocycles. The van der Waals surface area contributed by atoms with Gasteiger partial charge in [0.15, 0.2) is 0 Å². The molecule has 1 amide bonds. The first-order valence-electron chi connectivity index (χ1n) is 7.93. The lowest BCUT2D eigenvalue weighted by Crippen LogP contribution is -2.40. The van der Waals surface area contributed by atoms with Crippen LogP contribution in [0.25, 0.3) is 0 Å². The third kappa shape index (κ3) is 5.16. The van der Waals surface area contributed by atoms with Crippen LogP contribution in [0.4, 0.5) is 15.8 Å². The number of rotatable bonds is 8. The third-order valence-electron chi connectivity index (χ3n) is 3.76. The maximum atomic E-state index is 13.6. The van der Waals surface area contributed by atoms with Crippen molar-refractivity contribution in [2.24, 2.45) is 0 Å². The summed E-state index contributed by atoms with van der Waals surface area (Å²) in [5.74, 6) is -1.19. The van der Waals surface area contributed by atoms with Gasteiger partial charge in [0, 0.05) is 24.2 Å². The Balaban J connectivity index is 2.28. The maximum absolute atomic E-state index is 13.6. The fourth-order valence-electron chi connectivity index (χ4n) is 2.39. The van der Waals surface area contributed by atoms with E-state index in [2.05, 4.69) is 5.32 Å². The highest BCUT2D eigenvalue weighted by Gasteiger charge is 2.26. The van der Waals surface area contributed by atoms with Crippen molar-refractivity contribution in [1.82, 2.24) is 5.32 Å². The monoisotopic (exact) mass is 411 g/mol. The second-order valence-electron chi connectivity index (χ2n) is 5.75. The van der Waals surface area contributed by atoms with Crippen molar-refractivity contribution < 1.29 is 27.3 Å². The number of carbonyl (C=O) groups excluding carboxylic acids is 1. The predicted molar refractivity (Wildman–Crippen MR) is 100 cm³/mol. The van der Waals surface area contributed by atoms with E-state index < -0.39 is 33.2 Å². The van der Waals surface area contributed by atoms with Crippen LogP contribution >= 0.6 is 0 Å². The predicted octanol–water partition coefficient (Wildman–Crippen LogP) is 1.82. The molecule has 2 aromatic carbocycles. The number of nitro groups is 1. The molecule has 0 aliphatic rings. The molecule has 0 aliphatic carbocycles. The molecule has 0 saturated carbocycles.